The number of phenolic OH excluding ortho intramolecular Hbond substituents is 2. The normalized spacial score (nSPS) is 15.6. The molecule has 766 valence electrons. The van der Waals surface area contributed by atoms with Crippen LogP contribution in [0.15, 0.2) is 48.5 Å². The lowest BCUT2D eigenvalue weighted by Crippen LogP contribution is -2.62. The Morgan fingerprint density at radius 3 is 1.01 bits per heavy atom. The number of aliphatic hydroxyl groups excluding tert-OH is 6. The number of amides is 17. The molecule has 0 aliphatic carbocycles. The van der Waals surface area contributed by atoms with E-state index in [2.05, 4.69) is 74.4 Å². The molecule has 0 unspecified atom stereocenters. The molecule has 2 rings (SSSR count). The maximum absolute atomic E-state index is 14.5. The van der Waals surface area contributed by atoms with Gasteiger partial charge in [-0.3, -0.25) is 95.9 Å². The highest BCUT2D eigenvalue weighted by Gasteiger charge is 2.42. The molecule has 52 heteroatoms. The molecule has 0 aromatic heterocycles. The van der Waals surface area contributed by atoms with Gasteiger partial charge in [0.05, 0.1) is 51.1 Å². The van der Waals surface area contributed by atoms with Gasteiger partial charge >= 0.3 is 23.9 Å². The summed E-state index contributed by atoms with van der Waals surface area (Å²) in [6, 6.07) is -19.1. The van der Waals surface area contributed by atoms with Gasteiger partial charge in [0.2, 0.25) is 100 Å². The molecule has 51 nitrogen and oxygen atoms in total. The monoisotopic (exact) mass is 1960 g/mol. The first-order valence-corrected chi connectivity index (χ1v) is 45.1. The van der Waals surface area contributed by atoms with E-state index >= 15 is 0 Å². The number of hydrogen-bond donors (Lipinski definition) is 30. The molecule has 2 aromatic rings. The number of thioether (sulfide) groups is 1. The highest BCUT2D eigenvalue weighted by atomic mass is 32.2. The van der Waals surface area contributed by atoms with Crippen LogP contribution < -0.4 is 96.1 Å². The SMILES string of the molecule is CSCC[C@H](NC(=O)[C@H](Cc1ccc(O)cc1)NC(=O)[C@@H](NC(=O)[C@@H](NC(=O)[C@@H](N)CO)[C@@H](C)O)C(C)C)C(=O)N[C@@H](CCC(=O)O)C(=O)N[C@@H](CC(C)C)C(=O)N[C@H](C(=O)NCC(=O)N[C@@H](CC(C)C)C(=O)N[C@H](C(=O)N[C@@H](CO)C(=O)N[C@@H](CCC(=O)O)C(=O)N[C@@H](CC(=O)O)C(=O)N[C@@H](CO)C(=O)N[C@@H](C)C(=O)N[C@H](C(=O)N[C@@H](Cc1ccc(O)cc1)C(=O)O)C(C)C)[C@@H](C)O)[C@@H](C)O. The minimum absolute atomic E-state index is 0.107. The number of rotatable bonds is 62. The number of carboxylic acid groups (broad SMARTS) is 4. The zero-order chi connectivity index (χ0) is 104. The van der Waals surface area contributed by atoms with Gasteiger partial charge in [0.25, 0.3) is 0 Å². The van der Waals surface area contributed by atoms with Crippen molar-refractivity contribution in [2.45, 2.75) is 268 Å². The molecule has 0 saturated heterocycles. The number of hydrogen-bond acceptors (Lipinski definition) is 31. The van der Waals surface area contributed by atoms with Gasteiger partial charge in [-0.15, -0.1) is 0 Å². The number of benzene rings is 2. The van der Waals surface area contributed by atoms with Gasteiger partial charge in [0.1, 0.15) is 114 Å². The lowest BCUT2D eigenvalue weighted by atomic mass is 9.99. The molecule has 17 amide bonds. The van der Waals surface area contributed by atoms with Crippen molar-refractivity contribution in [3.05, 3.63) is 59.7 Å². The van der Waals surface area contributed by atoms with Crippen LogP contribution in [0, 0.1) is 23.7 Å². The first-order chi connectivity index (χ1) is 64.0. The molecule has 0 fully saturated rings. The fraction of sp³-hybridized carbons (Fsp3) is 0.612. The van der Waals surface area contributed by atoms with E-state index < -0.39 is 327 Å². The van der Waals surface area contributed by atoms with Crippen LogP contribution in [-0.2, 0) is 114 Å². The van der Waals surface area contributed by atoms with Crippen LogP contribution >= 0.6 is 11.8 Å². The number of aliphatic carboxylic acids is 4. The smallest absolute Gasteiger partial charge is 0.326 e. The van der Waals surface area contributed by atoms with Gasteiger partial charge in [-0.05, 0) is 131 Å². The number of nitrogens with one attached hydrogen (secondary N) is 17. The van der Waals surface area contributed by atoms with Gasteiger partial charge in [-0.25, -0.2) is 4.79 Å². The second-order valence-electron chi connectivity index (χ2n) is 34.0. The number of aliphatic hydroxyl groups is 6. The second kappa shape index (κ2) is 59.8. The number of phenols is 2. The van der Waals surface area contributed by atoms with E-state index in [4.69, 9.17) is 5.73 Å². The van der Waals surface area contributed by atoms with E-state index in [9.17, 15) is 162 Å². The third kappa shape index (κ3) is 43.3. The first kappa shape index (κ1) is 120. The van der Waals surface area contributed by atoms with Crippen molar-refractivity contribution in [3.8, 4) is 11.5 Å². The summed E-state index contributed by atoms with van der Waals surface area (Å²) in [5.41, 5.74) is 6.35. The summed E-state index contributed by atoms with van der Waals surface area (Å²) in [6.07, 6.45) is -9.33. The van der Waals surface area contributed by atoms with Crippen LogP contribution in [0.5, 0.6) is 11.5 Å². The molecule has 0 aliphatic rings. The van der Waals surface area contributed by atoms with Crippen molar-refractivity contribution in [2.75, 3.05) is 38.4 Å². The molecule has 0 bridgehead atoms. The lowest BCUT2D eigenvalue weighted by molar-refractivity contribution is -0.143. The van der Waals surface area contributed by atoms with E-state index in [1.165, 1.54) is 88.0 Å². The highest BCUT2D eigenvalue weighted by Crippen LogP contribution is 2.18. The summed E-state index contributed by atoms with van der Waals surface area (Å²) in [7, 11) is 0. The van der Waals surface area contributed by atoms with E-state index in [1.54, 1.807) is 34.0 Å². The minimum atomic E-state index is -2.22. The number of carbonyl (C=O) groups excluding carboxylic acids is 17. The molecule has 31 N–H and O–H groups in total. The van der Waals surface area contributed by atoms with E-state index in [0.29, 0.717) is 11.1 Å². The molecular weight excluding hydrogens is 1830 g/mol. The van der Waals surface area contributed by atoms with Crippen molar-refractivity contribution in [2.24, 2.45) is 29.4 Å². The first-order valence-electron chi connectivity index (χ1n) is 43.7. The summed E-state index contributed by atoms with van der Waals surface area (Å²) in [5.74, 6) is -29.1. The molecule has 0 saturated carbocycles. The fourth-order valence-electron chi connectivity index (χ4n) is 12.9. The quantitative estimate of drug-likeness (QED) is 0.0292. The number of aromatic hydroxyl groups is 2. The van der Waals surface area contributed by atoms with Crippen LogP contribution in [0.25, 0.3) is 0 Å². The van der Waals surface area contributed by atoms with Gasteiger partial charge in [0, 0.05) is 25.7 Å². The average Bonchev–Trinajstić information content (AvgIpc) is 0.848. The maximum Gasteiger partial charge on any atom is 0.326 e. The summed E-state index contributed by atoms with van der Waals surface area (Å²) in [5, 5.41) is 160. The summed E-state index contributed by atoms with van der Waals surface area (Å²) >= 11 is 1.21. The third-order valence-corrected chi connectivity index (χ3v) is 21.2. The fourth-order valence-corrected chi connectivity index (χ4v) is 13.4. The summed E-state index contributed by atoms with van der Waals surface area (Å²) < 4.78 is 0. The van der Waals surface area contributed by atoms with Crippen molar-refractivity contribution >= 4 is 136 Å². The predicted octanol–water partition coefficient (Wildman–Crippen LogP) is -9.33. The Hall–Kier alpha value is -13.0. The largest absolute Gasteiger partial charge is 0.508 e. The second-order valence-corrected chi connectivity index (χ2v) is 35.0. The number of carboxylic acids is 4. The predicted molar refractivity (Wildman–Crippen MR) is 483 cm³/mol. The summed E-state index contributed by atoms with van der Waals surface area (Å²) in [4.78, 5) is 284. The van der Waals surface area contributed by atoms with E-state index in [0.717, 1.165) is 27.7 Å². The minimum Gasteiger partial charge on any atom is -0.508 e. The van der Waals surface area contributed by atoms with Gasteiger partial charge in [-0.2, -0.15) is 11.8 Å². The Morgan fingerprint density at radius 1 is 0.321 bits per heavy atom. The molecule has 0 aliphatic heterocycles. The highest BCUT2D eigenvalue weighted by molar-refractivity contribution is 7.98. The Balaban J connectivity index is 2.36. The Morgan fingerprint density at radius 2 is 0.628 bits per heavy atom. The van der Waals surface area contributed by atoms with Crippen LogP contribution in [0.2, 0.25) is 0 Å². The zero-order valence-electron chi connectivity index (χ0n) is 78.0. The molecular formula is C85H132N18O33S. The zero-order valence-corrected chi connectivity index (χ0v) is 78.8. The standard InChI is InChI=1S/C85H132N18O33S/c1-37(2)28-53(76(126)103-67(43(11)108)83(133)98-59(36-106)79(129)91-51(23-25-62(115)116)72(122)94-56(32-63(117)118)75(125)97-58(35-105)78(128)88-41(9)69(119)99-64(39(5)6)82(132)96-57(85(135)136)31-46-16-20-48(111)21-17-46)89-60(112)33-87-80(130)66(42(10)107)102-77(127)54(29-38(3)4)93-71(121)50(22-24-61(113)114)90-73(123)52(26-27-137-13)92-74(124)55(30-45-14-18-47(110)19-15-45)95-81(131)65(40(7)8)100-84(134)68(44(12)109)101-70(120)49(86)34-104/h14-21,37-44,49-59,64-68,104-111H,22-36,86H2,1-13H3,(H,87,130)(H,88,128)(H,89,112)(H,90,123)(H,91,129)(H,92,124)(H,93,121)(H,94,122)(H,95,131)(H,96,132)(H,97,125)(H,98,133)(H,99,119)(H,100,134)(H,101,120)(H,102,127)(H,103,126)(H,113,114)(H,115,116)(H,117,118)(H,135,136)/t41-,42+,43+,44+,49-,50-,51-,52-,53-,54-,55-,56-,57-,58-,59-,64-,65-,66-,67-,68-/m0/s1. The molecule has 0 radical (unpaired) electrons. The molecule has 137 heavy (non-hydrogen) atoms. The van der Waals surface area contributed by atoms with E-state index in [-0.39, 0.29) is 49.4 Å². The molecule has 20 atom stereocenters. The third-order valence-electron chi connectivity index (χ3n) is 20.5. The van der Waals surface area contributed by atoms with Crippen molar-refractivity contribution in [1.29, 1.82) is 0 Å². The summed E-state index contributed by atoms with van der Waals surface area (Å²) in [6.45, 7) is 12.3. The van der Waals surface area contributed by atoms with Crippen molar-refractivity contribution in [3.63, 3.8) is 0 Å². The van der Waals surface area contributed by atoms with Crippen LogP contribution in [0.1, 0.15) is 146 Å². The molecule has 2 aromatic carbocycles. The lowest BCUT2D eigenvalue weighted by Gasteiger charge is -2.29. The number of carbonyl (C=O) groups is 21. The van der Waals surface area contributed by atoms with E-state index in [1.807, 2.05) is 16.0 Å². The Bertz CT molecular complexity index is 4470. The molecule has 0 heterocycles. The topological polar surface area (TPSA) is 832 Å². The van der Waals surface area contributed by atoms with Gasteiger partial charge in [-0.1, -0.05) is 79.7 Å². The van der Waals surface area contributed by atoms with Gasteiger partial charge < -0.3 is 157 Å². The van der Waals surface area contributed by atoms with Gasteiger partial charge in [0.15, 0.2) is 0 Å². The molecule has 0 spiro atoms. The average molecular weight is 1970 g/mol. The van der Waals surface area contributed by atoms with Crippen LogP contribution in [-0.4, -0.2) is 345 Å². The number of nitrogens with two attached hydrogens (primary N) is 1. The Kier molecular flexibility index (Phi) is 52.4. The van der Waals surface area contributed by atoms with Crippen LogP contribution in [0.3, 0.4) is 0 Å². The van der Waals surface area contributed by atoms with Crippen molar-refractivity contribution < 1.29 is 162 Å². The Labute approximate surface area is 792 Å². The maximum atomic E-state index is 14.5. The van der Waals surface area contributed by atoms with Crippen molar-refractivity contribution in [1.82, 2.24) is 90.4 Å². The van der Waals surface area contributed by atoms with Crippen LogP contribution in [0.4, 0.5) is 0 Å².